The lowest BCUT2D eigenvalue weighted by molar-refractivity contribution is 1.10. The topological polar surface area (TPSA) is 0 Å². The molecule has 0 aliphatic rings. The fourth-order valence-electron chi connectivity index (χ4n) is 2.08. The number of hydrogen-bond acceptors (Lipinski definition) is 0. The van der Waals surface area contributed by atoms with Crippen LogP contribution >= 0.6 is 23.2 Å². The van der Waals surface area contributed by atoms with Gasteiger partial charge in [0.15, 0.2) is 0 Å². The first-order valence-electron chi connectivity index (χ1n) is 5.96. The minimum Gasteiger partial charge on any atom is -0.113 e. The molecular formula is C16H16Cl2. The van der Waals surface area contributed by atoms with E-state index in [2.05, 4.69) is 31.2 Å². The summed E-state index contributed by atoms with van der Waals surface area (Å²) in [5.41, 5.74) is 5.68. The highest BCUT2D eigenvalue weighted by Crippen LogP contribution is 2.33. The second kappa shape index (κ2) is 5.34. The molecular weight excluding hydrogens is 263 g/mol. The highest BCUT2D eigenvalue weighted by molar-refractivity contribution is 6.31. The van der Waals surface area contributed by atoms with Gasteiger partial charge in [-0.15, -0.1) is 11.6 Å². The molecule has 0 heterocycles. The molecule has 0 fully saturated rings. The first-order chi connectivity index (χ1) is 8.49. The van der Waals surface area contributed by atoms with Crippen molar-refractivity contribution in [1.29, 1.82) is 0 Å². The maximum absolute atomic E-state index is 6.59. The van der Waals surface area contributed by atoms with Gasteiger partial charge in [-0.1, -0.05) is 47.5 Å². The summed E-state index contributed by atoms with van der Waals surface area (Å²) in [6.07, 6.45) is 0. The van der Waals surface area contributed by atoms with Gasteiger partial charge in [-0.05, 0) is 49.1 Å². The summed E-state index contributed by atoms with van der Waals surface area (Å²) in [5, 5.41) is 0.672. The Hall–Kier alpha value is -0.980. The maximum atomic E-state index is 6.59. The molecule has 0 aliphatic heterocycles. The van der Waals surface area contributed by atoms with Crippen molar-refractivity contribution in [3.63, 3.8) is 0 Å². The lowest BCUT2D eigenvalue weighted by Crippen LogP contribution is -1.98. The van der Waals surface area contributed by atoms with E-state index in [-0.39, 0.29) is 5.38 Å². The molecule has 0 bridgehead atoms. The Bertz CT molecular complexity index is 573. The van der Waals surface area contributed by atoms with Gasteiger partial charge in [-0.2, -0.15) is 0 Å². The van der Waals surface area contributed by atoms with Crippen molar-refractivity contribution in [3.05, 3.63) is 69.2 Å². The zero-order valence-electron chi connectivity index (χ0n) is 10.8. The van der Waals surface area contributed by atoms with Crippen molar-refractivity contribution in [2.45, 2.75) is 26.1 Å². The third-order valence-corrected chi connectivity index (χ3v) is 4.05. The van der Waals surface area contributed by atoms with Crippen LogP contribution in [0.25, 0.3) is 0 Å². The summed E-state index contributed by atoms with van der Waals surface area (Å²) in [7, 11) is 0. The molecule has 2 heteroatoms. The van der Waals surface area contributed by atoms with Crippen molar-refractivity contribution < 1.29 is 0 Å². The van der Waals surface area contributed by atoms with Crippen LogP contribution in [0.1, 0.15) is 33.2 Å². The predicted octanol–water partition coefficient (Wildman–Crippen LogP) is 5.59. The highest BCUT2D eigenvalue weighted by Gasteiger charge is 2.14. The largest absolute Gasteiger partial charge is 0.113 e. The van der Waals surface area contributed by atoms with E-state index in [1.807, 2.05) is 26.0 Å². The molecule has 1 atom stereocenters. The van der Waals surface area contributed by atoms with Crippen molar-refractivity contribution in [2.24, 2.45) is 0 Å². The smallest absolute Gasteiger partial charge is 0.0838 e. The van der Waals surface area contributed by atoms with Gasteiger partial charge in [0, 0.05) is 5.02 Å². The lowest BCUT2D eigenvalue weighted by Gasteiger charge is -2.15. The Morgan fingerprint density at radius 1 is 0.944 bits per heavy atom. The minimum absolute atomic E-state index is 0.124. The number of benzene rings is 2. The van der Waals surface area contributed by atoms with Crippen LogP contribution in [0.4, 0.5) is 0 Å². The normalized spacial score (nSPS) is 12.5. The number of rotatable bonds is 2. The van der Waals surface area contributed by atoms with E-state index in [0.717, 1.165) is 27.3 Å². The molecule has 0 radical (unpaired) electrons. The van der Waals surface area contributed by atoms with Crippen LogP contribution in [0.15, 0.2) is 36.4 Å². The third kappa shape index (κ3) is 2.71. The molecule has 0 saturated carbocycles. The molecule has 2 rings (SSSR count). The van der Waals surface area contributed by atoms with Gasteiger partial charge in [-0.3, -0.25) is 0 Å². The predicted molar refractivity (Wildman–Crippen MR) is 79.8 cm³/mol. The van der Waals surface area contributed by atoms with Crippen molar-refractivity contribution in [3.8, 4) is 0 Å². The molecule has 0 aliphatic carbocycles. The average Bonchev–Trinajstić information content (AvgIpc) is 2.33. The zero-order valence-corrected chi connectivity index (χ0v) is 12.3. The fourth-order valence-corrected chi connectivity index (χ4v) is 2.67. The number of alkyl halides is 1. The van der Waals surface area contributed by atoms with Gasteiger partial charge in [0.2, 0.25) is 0 Å². The molecule has 94 valence electrons. The van der Waals surface area contributed by atoms with Crippen LogP contribution in [-0.4, -0.2) is 0 Å². The van der Waals surface area contributed by atoms with Crippen molar-refractivity contribution in [2.75, 3.05) is 0 Å². The van der Waals surface area contributed by atoms with Gasteiger partial charge in [0.05, 0.1) is 5.38 Å². The van der Waals surface area contributed by atoms with E-state index in [1.54, 1.807) is 0 Å². The quantitative estimate of drug-likeness (QED) is 0.628. The van der Waals surface area contributed by atoms with E-state index < -0.39 is 0 Å². The van der Waals surface area contributed by atoms with E-state index in [9.17, 15) is 0 Å². The van der Waals surface area contributed by atoms with Crippen molar-refractivity contribution in [1.82, 2.24) is 0 Å². The van der Waals surface area contributed by atoms with Gasteiger partial charge in [0.1, 0.15) is 0 Å². The first kappa shape index (κ1) is 13.5. The van der Waals surface area contributed by atoms with Gasteiger partial charge in [0.25, 0.3) is 0 Å². The fraction of sp³-hybridized carbons (Fsp3) is 0.250. The Balaban J connectivity index is 2.46. The van der Waals surface area contributed by atoms with E-state index in [1.165, 1.54) is 5.56 Å². The van der Waals surface area contributed by atoms with Crippen LogP contribution in [0.3, 0.4) is 0 Å². The van der Waals surface area contributed by atoms with E-state index >= 15 is 0 Å². The molecule has 0 nitrogen and oxygen atoms in total. The maximum Gasteiger partial charge on any atom is 0.0838 e. The number of aryl methyl sites for hydroxylation is 3. The second-order valence-corrected chi connectivity index (χ2v) is 5.58. The van der Waals surface area contributed by atoms with Crippen LogP contribution < -0.4 is 0 Å². The highest BCUT2D eigenvalue weighted by atomic mass is 35.5. The number of hydrogen-bond donors (Lipinski definition) is 0. The molecule has 18 heavy (non-hydrogen) atoms. The molecule has 0 amide bonds. The molecule has 2 aromatic carbocycles. The Morgan fingerprint density at radius 3 is 2.33 bits per heavy atom. The Labute approximate surface area is 119 Å². The Kier molecular flexibility index (Phi) is 3.99. The zero-order chi connectivity index (χ0) is 13.3. The SMILES string of the molecule is Cc1cccc(C(Cl)c2cc(C)c(Cl)cc2C)c1. The second-order valence-electron chi connectivity index (χ2n) is 4.73. The minimum atomic E-state index is -0.124. The van der Waals surface area contributed by atoms with Gasteiger partial charge < -0.3 is 0 Å². The summed E-state index contributed by atoms with van der Waals surface area (Å²) in [4.78, 5) is 0. The van der Waals surface area contributed by atoms with Crippen LogP contribution in [0, 0.1) is 20.8 Å². The summed E-state index contributed by atoms with van der Waals surface area (Å²) in [5.74, 6) is 0. The molecule has 0 spiro atoms. The average molecular weight is 279 g/mol. The standard InChI is InChI=1S/C16H16Cl2/c1-10-5-4-6-13(7-10)16(18)14-8-12(3)15(17)9-11(14)2/h4-9,16H,1-3H3. The van der Waals surface area contributed by atoms with Crippen molar-refractivity contribution >= 4 is 23.2 Å². The summed E-state index contributed by atoms with van der Waals surface area (Å²) in [6.45, 7) is 6.13. The van der Waals surface area contributed by atoms with Crippen LogP contribution in [0.2, 0.25) is 5.02 Å². The summed E-state index contributed by atoms with van der Waals surface area (Å²) < 4.78 is 0. The number of halogens is 2. The summed E-state index contributed by atoms with van der Waals surface area (Å²) >= 11 is 12.7. The van der Waals surface area contributed by atoms with Crippen LogP contribution in [0.5, 0.6) is 0 Å². The third-order valence-electron chi connectivity index (χ3n) is 3.16. The van der Waals surface area contributed by atoms with Gasteiger partial charge in [-0.25, -0.2) is 0 Å². The first-order valence-corrected chi connectivity index (χ1v) is 6.78. The molecule has 0 N–H and O–H groups in total. The van der Waals surface area contributed by atoms with Gasteiger partial charge >= 0.3 is 0 Å². The molecule has 2 aromatic rings. The van der Waals surface area contributed by atoms with Crippen LogP contribution in [-0.2, 0) is 0 Å². The lowest BCUT2D eigenvalue weighted by atomic mass is 9.97. The molecule has 1 unspecified atom stereocenters. The summed E-state index contributed by atoms with van der Waals surface area (Å²) in [6, 6.07) is 12.4. The molecule has 0 aromatic heterocycles. The Morgan fingerprint density at radius 2 is 1.67 bits per heavy atom. The van der Waals surface area contributed by atoms with E-state index in [0.29, 0.717) is 0 Å². The van der Waals surface area contributed by atoms with E-state index in [4.69, 9.17) is 23.2 Å². The monoisotopic (exact) mass is 278 g/mol. The molecule has 0 saturated heterocycles.